The molecule has 0 heterocycles. The fraction of sp³-hybridized carbons (Fsp3) is 0.636. The molecule has 31 heavy (non-hydrogen) atoms. The molecule has 0 aliphatic carbocycles. The summed E-state index contributed by atoms with van der Waals surface area (Å²) in [7, 11) is 0. The van der Waals surface area contributed by atoms with E-state index in [-0.39, 0.29) is 44.8 Å². The zero-order chi connectivity index (χ0) is 23.4. The average molecular weight is 463 g/mol. The molecule has 180 valence electrons. The number of aliphatic hydroxyl groups excluding tert-OH is 1. The van der Waals surface area contributed by atoms with E-state index in [2.05, 4.69) is 13.2 Å². The Morgan fingerprint density at radius 1 is 0.839 bits per heavy atom. The maximum absolute atomic E-state index is 11.1. The molecule has 0 fully saturated rings. The molecule has 0 aromatic rings. The van der Waals surface area contributed by atoms with Crippen LogP contribution in [0.5, 0.6) is 0 Å². The number of ether oxygens (including phenoxy) is 3. The summed E-state index contributed by atoms with van der Waals surface area (Å²) in [5.41, 5.74) is 0.722. The normalized spacial score (nSPS) is 9.29. The monoisotopic (exact) mass is 462 g/mol. The Kier molecular flexibility index (Phi) is 24.4. The molecular weight excluding hydrogens is 424 g/mol. The molecule has 8 nitrogen and oxygen atoms in total. The van der Waals surface area contributed by atoms with Gasteiger partial charge in [-0.05, 0) is 33.1 Å². The lowest BCUT2D eigenvalue weighted by Crippen LogP contribution is -2.09. The molecule has 0 atom stereocenters. The second kappa shape index (κ2) is 22.6. The van der Waals surface area contributed by atoms with Gasteiger partial charge in [0.05, 0.1) is 26.4 Å². The molecule has 0 rings (SSSR count). The van der Waals surface area contributed by atoms with E-state index in [0.717, 1.165) is 18.2 Å². The molecule has 1 N–H and O–H groups in total. The van der Waals surface area contributed by atoms with Crippen LogP contribution in [0.3, 0.4) is 0 Å². The van der Waals surface area contributed by atoms with Gasteiger partial charge in [0, 0.05) is 29.7 Å². The van der Waals surface area contributed by atoms with Crippen molar-refractivity contribution in [1.29, 1.82) is 0 Å². The Labute approximate surface area is 190 Å². The van der Waals surface area contributed by atoms with Crippen LogP contribution in [0.2, 0.25) is 0 Å². The summed E-state index contributed by atoms with van der Waals surface area (Å²) in [6, 6.07) is 0. The number of hydrogen-bond acceptors (Lipinski definition) is 9. The summed E-state index contributed by atoms with van der Waals surface area (Å²) < 4.78 is 14.5. The minimum Gasteiger partial charge on any atom is -0.466 e. The van der Waals surface area contributed by atoms with Gasteiger partial charge in [0.25, 0.3) is 0 Å². The lowest BCUT2D eigenvalue weighted by Gasteiger charge is -2.04. The Bertz CT molecular complexity index is 522. The molecule has 0 saturated heterocycles. The molecule has 0 unspecified atom stereocenters. The number of aliphatic hydroxyl groups is 1. The Hall–Kier alpha value is -2.13. The highest BCUT2D eigenvalue weighted by Gasteiger charge is 2.06. The molecule has 0 saturated carbocycles. The fourth-order valence-electron chi connectivity index (χ4n) is 1.53. The predicted octanol–water partition coefficient (Wildman–Crippen LogP) is 3.61. The van der Waals surface area contributed by atoms with Gasteiger partial charge in [-0.1, -0.05) is 39.3 Å². The van der Waals surface area contributed by atoms with Crippen molar-refractivity contribution in [1.82, 2.24) is 0 Å². The molecule has 0 aromatic carbocycles. The lowest BCUT2D eigenvalue weighted by molar-refractivity contribution is -0.146. The van der Waals surface area contributed by atoms with E-state index in [1.165, 1.54) is 0 Å². The summed E-state index contributed by atoms with van der Waals surface area (Å²) in [6.07, 6.45) is 2.45. The van der Waals surface area contributed by atoms with E-state index in [9.17, 15) is 19.2 Å². The van der Waals surface area contributed by atoms with Crippen molar-refractivity contribution in [2.24, 2.45) is 0 Å². The third kappa shape index (κ3) is 24.0. The summed E-state index contributed by atoms with van der Waals surface area (Å²) >= 11 is 1.09. The van der Waals surface area contributed by atoms with Crippen LogP contribution in [0.1, 0.15) is 60.3 Å². The van der Waals surface area contributed by atoms with Gasteiger partial charge in [-0.2, -0.15) is 0 Å². The zero-order valence-electron chi connectivity index (χ0n) is 18.2. The van der Waals surface area contributed by atoms with E-state index >= 15 is 0 Å². The van der Waals surface area contributed by atoms with Crippen LogP contribution in [-0.2, 0) is 33.4 Å². The van der Waals surface area contributed by atoms with Crippen LogP contribution in [0.25, 0.3) is 0 Å². The highest BCUT2D eigenvalue weighted by Crippen LogP contribution is 2.07. The molecule has 0 amide bonds. The Morgan fingerprint density at radius 2 is 1.32 bits per heavy atom. The van der Waals surface area contributed by atoms with Crippen LogP contribution in [0.4, 0.5) is 0 Å². The number of carbonyl (C=O) groups is 4. The second-order valence-corrected chi connectivity index (χ2v) is 7.36. The van der Waals surface area contributed by atoms with Crippen molar-refractivity contribution in [3.8, 4) is 0 Å². The number of hydrogen-bond donors (Lipinski definition) is 1. The van der Waals surface area contributed by atoms with Crippen molar-refractivity contribution >= 4 is 34.8 Å². The number of esters is 3. The van der Waals surface area contributed by atoms with Gasteiger partial charge in [-0.3, -0.25) is 9.59 Å². The summed E-state index contributed by atoms with van der Waals surface area (Å²) in [4.78, 5) is 43.9. The largest absolute Gasteiger partial charge is 0.466 e. The quantitative estimate of drug-likeness (QED) is 0.179. The smallest absolute Gasteiger partial charge is 0.333 e. The molecule has 9 heteroatoms. The third-order valence-electron chi connectivity index (χ3n) is 3.04. The highest BCUT2D eigenvalue weighted by atomic mass is 32.2. The van der Waals surface area contributed by atoms with Crippen molar-refractivity contribution in [3.05, 3.63) is 24.3 Å². The molecular formula is C22H38O8S. The van der Waals surface area contributed by atoms with E-state index in [1.807, 2.05) is 6.92 Å². The van der Waals surface area contributed by atoms with Gasteiger partial charge in [0.1, 0.15) is 0 Å². The zero-order valence-corrected chi connectivity index (χ0v) is 19.0. The SMILES string of the molecule is C.C=C(C)C(=O)OCCCC(=O)OCCC.C=C(C)C(=O)OCCCC(=O)SCCO. The van der Waals surface area contributed by atoms with Gasteiger partial charge in [0.2, 0.25) is 0 Å². The third-order valence-corrected chi connectivity index (χ3v) is 3.95. The first-order chi connectivity index (χ1) is 14.1. The van der Waals surface area contributed by atoms with E-state index in [0.29, 0.717) is 42.8 Å². The summed E-state index contributed by atoms with van der Waals surface area (Å²) in [5, 5.41) is 8.48. The molecule has 0 bridgehead atoms. The molecule has 0 spiro atoms. The van der Waals surface area contributed by atoms with Gasteiger partial charge in [0.15, 0.2) is 5.12 Å². The molecule has 0 aliphatic rings. The van der Waals surface area contributed by atoms with Crippen molar-refractivity contribution < 1.29 is 38.5 Å². The predicted molar refractivity (Wildman–Crippen MR) is 123 cm³/mol. The Morgan fingerprint density at radius 3 is 1.74 bits per heavy atom. The van der Waals surface area contributed by atoms with Crippen molar-refractivity contribution in [2.75, 3.05) is 32.2 Å². The van der Waals surface area contributed by atoms with Crippen molar-refractivity contribution in [2.45, 2.75) is 60.3 Å². The number of thioether (sulfide) groups is 1. The fourth-order valence-corrected chi connectivity index (χ4v) is 2.14. The van der Waals surface area contributed by atoms with Gasteiger partial charge < -0.3 is 19.3 Å². The maximum atomic E-state index is 11.1. The molecule has 0 aromatic heterocycles. The van der Waals surface area contributed by atoms with Gasteiger partial charge in [-0.15, -0.1) is 0 Å². The van der Waals surface area contributed by atoms with E-state index in [1.54, 1.807) is 13.8 Å². The number of rotatable bonds is 14. The van der Waals surface area contributed by atoms with Crippen LogP contribution < -0.4 is 0 Å². The van der Waals surface area contributed by atoms with E-state index < -0.39 is 11.9 Å². The van der Waals surface area contributed by atoms with Crippen molar-refractivity contribution in [3.63, 3.8) is 0 Å². The van der Waals surface area contributed by atoms with Crippen LogP contribution >= 0.6 is 11.8 Å². The first kappa shape index (κ1) is 33.5. The first-order valence-electron chi connectivity index (χ1n) is 9.73. The van der Waals surface area contributed by atoms with Crippen LogP contribution in [0.15, 0.2) is 24.3 Å². The standard InChI is InChI=1S/C11H18O4.C10H16O4S.CH4/c1-4-7-14-10(12)6-5-8-15-11(13)9(2)3;1-8(2)10(13)14-6-3-4-9(12)15-7-5-11;/h2,4-8H2,1,3H3;11H,1,3-7H2,2H3;1H4. The minimum atomic E-state index is -0.425. The highest BCUT2D eigenvalue weighted by molar-refractivity contribution is 8.13. The van der Waals surface area contributed by atoms with Gasteiger partial charge in [-0.25, -0.2) is 9.59 Å². The summed E-state index contributed by atoms with van der Waals surface area (Å²) in [5.74, 6) is -0.671. The second-order valence-electron chi connectivity index (χ2n) is 6.20. The first-order valence-corrected chi connectivity index (χ1v) is 10.7. The molecule has 0 aliphatic heterocycles. The van der Waals surface area contributed by atoms with Crippen LogP contribution in [-0.4, -0.2) is 60.3 Å². The average Bonchev–Trinajstić information content (AvgIpc) is 2.71. The maximum Gasteiger partial charge on any atom is 0.333 e. The molecule has 0 radical (unpaired) electrons. The topological polar surface area (TPSA) is 116 Å². The Balaban J connectivity index is -0.000000490. The van der Waals surface area contributed by atoms with Crippen LogP contribution in [0, 0.1) is 0 Å². The number of carbonyl (C=O) groups excluding carboxylic acids is 4. The summed E-state index contributed by atoms with van der Waals surface area (Å²) in [6.45, 7) is 12.9. The van der Waals surface area contributed by atoms with Gasteiger partial charge >= 0.3 is 17.9 Å². The minimum absolute atomic E-state index is 0. The lowest BCUT2D eigenvalue weighted by atomic mass is 10.3. The van der Waals surface area contributed by atoms with E-state index in [4.69, 9.17) is 19.3 Å².